The molecule has 7 heteroatoms. The molecule has 2 N–H and O–H groups in total. The van der Waals surface area contributed by atoms with Gasteiger partial charge in [-0.3, -0.25) is 14.2 Å². The largest absolute Gasteiger partial charge is 0.355 e. The van der Waals surface area contributed by atoms with Gasteiger partial charge in [0.2, 0.25) is 5.95 Å². The molecule has 6 nitrogen and oxygen atoms in total. The number of fused-ring (bicyclic) bond motifs is 3. The van der Waals surface area contributed by atoms with Crippen LogP contribution >= 0.6 is 11.3 Å². The van der Waals surface area contributed by atoms with E-state index in [0.29, 0.717) is 18.1 Å². The molecule has 0 bridgehead atoms. The van der Waals surface area contributed by atoms with E-state index in [1.54, 1.807) is 35.1 Å². The van der Waals surface area contributed by atoms with Crippen molar-refractivity contribution in [3.05, 3.63) is 50.6 Å². The van der Waals surface area contributed by atoms with Gasteiger partial charge in [0.05, 0.1) is 5.39 Å². The molecule has 0 saturated carbocycles. The topological polar surface area (TPSA) is 76.0 Å². The van der Waals surface area contributed by atoms with Gasteiger partial charge in [-0.1, -0.05) is 6.07 Å². The summed E-state index contributed by atoms with van der Waals surface area (Å²) >= 11 is 1.64. The summed E-state index contributed by atoms with van der Waals surface area (Å²) < 4.78 is 1.68. The van der Waals surface area contributed by atoms with Crippen molar-refractivity contribution in [3.8, 4) is 0 Å². The summed E-state index contributed by atoms with van der Waals surface area (Å²) in [5.74, 6) is 0.364. The van der Waals surface area contributed by atoms with E-state index < -0.39 is 0 Å². The number of thiophene rings is 1. The average Bonchev–Trinajstić information content (AvgIpc) is 3.06. The Morgan fingerprint density at radius 2 is 2.11 bits per heavy atom. The van der Waals surface area contributed by atoms with E-state index in [1.165, 1.54) is 16.9 Å². The molecule has 2 aromatic heterocycles. The quantitative estimate of drug-likeness (QED) is 0.725. The fourth-order valence-electron chi connectivity index (χ4n) is 3.64. The third kappa shape index (κ3) is 3.12. The van der Waals surface area contributed by atoms with Crippen molar-refractivity contribution in [1.82, 2.24) is 14.9 Å². The van der Waals surface area contributed by atoms with E-state index in [9.17, 15) is 9.59 Å². The predicted molar refractivity (Wildman–Crippen MR) is 109 cm³/mol. The maximum absolute atomic E-state index is 13.2. The van der Waals surface area contributed by atoms with Crippen molar-refractivity contribution in [3.63, 3.8) is 0 Å². The zero-order valence-electron chi connectivity index (χ0n) is 15.5. The number of rotatable bonds is 4. The van der Waals surface area contributed by atoms with Crippen molar-refractivity contribution >= 4 is 39.1 Å². The highest BCUT2D eigenvalue weighted by Crippen LogP contribution is 2.34. The molecule has 0 radical (unpaired) electrons. The summed E-state index contributed by atoms with van der Waals surface area (Å²) in [6.45, 7) is 2.48. The van der Waals surface area contributed by atoms with Gasteiger partial charge >= 0.3 is 0 Å². The van der Waals surface area contributed by atoms with Gasteiger partial charge in [-0.2, -0.15) is 0 Å². The van der Waals surface area contributed by atoms with Crippen LogP contribution in [0.4, 0.5) is 11.6 Å². The van der Waals surface area contributed by atoms with Gasteiger partial charge < -0.3 is 10.6 Å². The first-order chi connectivity index (χ1) is 13.1. The molecule has 0 aliphatic heterocycles. The molecular weight excluding hydrogens is 360 g/mol. The van der Waals surface area contributed by atoms with E-state index in [0.717, 1.165) is 35.2 Å². The average molecular weight is 382 g/mol. The number of aryl methyl sites for hydroxylation is 2. The van der Waals surface area contributed by atoms with Crippen molar-refractivity contribution in [2.24, 2.45) is 0 Å². The van der Waals surface area contributed by atoms with Crippen LogP contribution in [0.2, 0.25) is 0 Å². The Kier molecular flexibility index (Phi) is 4.70. The monoisotopic (exact) mass is 382 g/mol. The Morgan fingerprint density at radius 1 is 1.30 bits per heavy atom. The number of hydrogen-bond acceptors (Lipinski definition) is 5. The summed E-state index contributed by atoms with van der Waals surface area (Å²) in [5, 5.41) is 6.65. The summed E-state index contributed by atoms with van der Waals surface area (Å²) in [5.41, 5.74) is 2.51. The van der Waals surface area contributed by atoms with Crippen LogP contribution in [-0.4, -0.2) is 22.5 Å². The SMILES string of the molecule is CCn1c(Nc2cccc(C(=O)NC)c2)nc2sc3c(c2c1=O)CCCC3. The zero-order valence-corrected chi connectivity index (χ0v) is 16.3. The number of benzene rings is 1. The zero-order chi connectivity index (χ0) is 19.0. The van der Waals surface area contributed by atoms with Crippen LogP contribution in [0.1, 0.15) is 40.6 Å². The van der Waals surface area contributed by atoms with Crippen molar-refractivity contribution < 1.29 is 4.79 Å². The fraction of sp³-hybridized carbons (Fsp3) is 0.350. The van der Waals surface area contributed by atoms with Gasteiger partial charge in [0.15, 0.2) is 0 Å². The molecule has 0 spiro atoms. The number of anilines is 2. The molecule has 1 aliphatic carbocycles. The molecule has 0 saturated heterocycles. The van der Waals surface area contributed by atoms with E-state index in [2.05, 4.69) is 10.6 Å². The molecule has 27 heavy (non-hydrogen) atoms. The first kappa shape index (κ1) is 17.7. The van der Waals surface area contributed by atoms with Crippen LogP contribution in [0.5, 0.6) is 0 Å². The Bertz CT molecular complexity index is 1080. The summed E-state index contributed by atoms with van der Waals surface area (Å²) in [6.07, 6.45) is 4.33. The number of carbonyl (C=O) groups excluding carboxylic acids is 1. The molecule has 1 aromatic carbocycles. The molecule has 0 fully saturated rings. The minimum Gasteiger partial charge on any atom is -0.355 e. The minimum absolute atomic E-state index is 0.0202. The molecule has 3 aromatic rings. The number of hydrogen-bond donors (Lipinski definition) is 2. The normalized spacial score (nSPS) is 13.4. The lowest BCUT2D eigenvalue weighted by Gasteiger charge is -2.14. The van der Waals surface area contributed by atoms with Crippen molar-refractivity contribution in [2.75, 3.05) is 12.4 Å². The smallest absolute Gasteiger partial charge is 0.263 e. The second-order valence-electron chi connectivity index (χ2n) is 6.66. The van der Waals surface area contributed by atoms with Crippen LogP contribution in [0.15, 0.2) is 29.1 Å². The van der Waals surface area contributed by atoms with Crippen LogP contribution in [0.25, 0.3) is 10.2 Å². The second-order valence-corrected chi connectivity index (χ2v) is 7.74. The number of nitrogens with one attached hydrogen (secondary N) is 2. The number of amides is 1. The fourth-order valence-corrected chi connectivity index (χ4v) is 4.89. The first-order valence-corrected chi connectivity index (χ1v) is 10.1. The van der Waals surface area contributed by atoms with Gasteiger partial charge in [0, 0.05) is 29.7 Å². The van der Waals surface area contributed by atoms with Gasteiger partial charge in [0.25, 0.3) is 11.5 Å². The first-order valence-electron chi connectivity index (χ1n) is 9.26. The Labute approximate surface area is 161 Å². The lowest BCUT2D eigenvalue weighted by Crippen LogP contribution is -2.24. The van der Waals surface area contributed by atoms with Crippen LogP contribution < -0.4 is 16.2 Å². The molecule has 1 amide bonds. The van der Waals surface area contributed by atoms with E-state index in [1.807, 2.05) is 19.1 Å². The lowest BCUT2D eigenvalue weighted by atomic mass is 9.97. The van der Waals surface area contributed by atoms with Crippen LogP contribution in [-0.2, 0) is 19.4 Å². The minimum atomic E-state index is -0.152. The summed E-state index contributed by atoms with van der Waals surface area (Å²) in [4.78, 5) is 31.9. The molecule has 140 valence electrons. The Balaban J connectivity index is 1.80. The van der Waals surface area contributed by atoms with Crippen LogP contribution in [0, 0.1) is 0 Å². The highest BCUT2D eigenvalue weighted by atomic mass is 32.1. The van der Waals surface area contributed by atoms with Gasteiger partial charge in [-0.15, -0.1) is 11.3 Å². The second kappa shape index (κ2) is 7.15. The van der Waals surface area contributed by atoms with Crippen LogP contribution in [0.3, 0.4) is 0 Å². The van der Waals surface area contributed by atoms with E-state index >= 15 is 0 Å². The number of carbonyl (C=O) groups is 1. The predicted octanol–water partition coefficient (Wildman–Crippen LogP) is 3.46. The maximum atomic E-state index is 13.2. The highest BCUT2D eigenvalue weighted by Gasteiger charge is 2.21. The molecule has 0 unspecified atom stereocenters. The van der Waals surface area contributed by atoms with Crippen molar-refractivity contribution in [1.29, 1.82) is 0 Å². The summed E-state index contributed by atoms with van der Waals surface area (Å²) in [6, 6.07) is 7.18. The molecule has 0 atom stereocenters. The third-order valence-electron chi connectivity index (χ3n) is 5.00. The van der Waals surface area contributed by atoms with E-state index in [4.69, 9.17) is 4.98 Å². The Hall–Kier alpha value is -2.67. The lowest BCUT2D eigenvalue weighted by molar-refractivity contribution is 0.0963. The number of nitrogens with zero attached hydrogens (tertiary/aromatic N) is 2. The van der Waals surface area contributed by atoms with Gasteiger partial charge in [-0.05, 0) is 56.4 Å². The molecule has 4 rings (SSSR count). The standard InChI is InChI=1S/C20H22N4O2S/c1-3-24-19(26)16-14-9-4-5-10-15(14)27-18(16)23-20(24)22-13-8-6-7-12(11-13)17(25)21-2/h6-8,11H,3-5,9-10H2,1-2H3,(H,21,25)(H,22,23). The third-order valence-corrected chi connectivity index (χ3v) is 6.18. The van der Waals surface area contributed by atoms with E-state index in [-0.39, 0.29) is 11.5 Å². The molecule has 1 aliphatic rings. The van der Waals surface area contributed by atoms with Gasteiger partial charge in [-0.25, -0.2) is 4.98 Å². The highest BCUT2D eigenvalue weighted by molar-refractivity contribution is 7.18. The van der Waals surface area contributed by atoms with Crippen molar-refractivity contribution in [2.45, 2.75) is 39.2 Å². The maximum Gasteiger partial charge on any atom is 0.263 e. The molecule has 2 heterocycles. The van der Waals surface area contributed by atoms with Gasteiger partial charge in [0.1, 0.15) is 4.83 Å². The summed E-state index contributed by atoms with van der Waals surface area (Å²) in [7, 11) is 1.60. The number of aromatic nitrogens is 2. The molecular formula is C20H22N4O2S. The Morgan fingerprint density at radius 3 is 2.89 bits per heavy atom.